The van der Waals surface area contributed by atoms with Crippen molar-refractivity contribution in [3.63, 3.8) is 0 Å². The van der Waals surface area contributed by atoms with Gasteiger partial charge in [-0.15, -0.1) is 0 Å². The van der Waals surface area contributed by atoms with Crippen LogP contribution in [0.3, 0.4) is 0 Å². The molecule has 1 aliphatic carbocycles. The highest BCUT2D eigenvalue weighted by Crippen LogP contribution is 2.40. The van der Waals surface area contributed by atoms with E-state index in [0.29, 0.717) is 0 Å². The summed E-state index contributed by atoms with van der Waals surface area (Å²) in [7, 11) is 0. The predicted molar refractivity (Wildman–Crippen MR) is 114 cm³/mol. The third-order valence-electron chi connectivity index (χ3n) is 4.96. The van der Waals surface area contributed by atoms with Gasteiger partial charge in [0.15, 0.2) is 0 Å². The molecule has 0 aliphatic heterocycles. The van der Waals surface area contributed by atoms with Crippen LogP contribution in [0, 0.1) is 5.41 Å². The van der Waals surface area contributed by atoms with Gasteiger partial charge in [-0.05, 0) is 63.0 Å². The highest BCUT2D eigenvalue weighted by Gasteiger charge is 2.26. The summed E-state index contributed by atoms with van der Waals surface area (Å²) in [4.78, 5) is 11.7. The molecule has 0 atom stereocenters. The first-order valence-corrected chi connectivity index (χ1v) is 9.95. The third kappa shape index (κ3) is 8.03. The SMILES string of the molecule is CCCCNC(=O)\C=C(C)/C=C/C=C(C)\C=C\C1=C(C)CCCC1(C)C. The monoisotopic (exact) mass is 355 g/mol. The van der Waals surface area contributed by atoms with Crippen LogP contribution in [0.25, 0.3) is 0 Å². The van der Waals surface area contributed by atoms with Crippen molar-refractivity contribution in [3.05, 3.63) is 58.7 Å². The summed E-state index contributed by atoms with van der Waals surface area (Å²) in [5, 5.41) is 2.90. The van der Waals surface area contributed by atoms with E-state index in [1.165, 1.54) is 36.0 Å². The van der Waals surface area contributed by atoms with Gasteiger partial charge in [0, 0.05) is 12.6 Å². The van der Waals surface area contributed by atoms with Crippen molar-refractivity contribution in [3.8, 4) is 0 Å². The number of carbonyl (C=O) groups is 1. The van der Waals surface area contributed by atoms with Crippen LogP contribution in [0.1, 0.15) is 73.6 Å². The smallest absolute Gasteiger partial charge is 0.244 e. The molecule has 1 aliphatic rings. The van der Waals surface area contributed by atoms with Gasteiger partial charge in [-0.1, -0.05) is 68.7 Å². The Labute approximate surface area is 160 Å². The van der Waals surface area contributed by atoms with E-state index in [2.05, 4.69) is 58.2 Å². The van der Waals surface area contributed by atoms with Gasteiger partial charge < -0.3 is 5.32 Å². The Morgan fingerprint density at radius 3 is 2.58 bits per heavy atom. The van der Waals surface area contributed by atoms with Crippen molar-refractivity contribution in [1.29, 1.82) is 0 Å². The van der Waals surface area contributed by atoms with Crippen LogP contribution in [-0.2, 0) is 4.79 Å². The van der Waals surface area contributed by atoms with E-state index in [1.807, 2.05) is 19.1 Å². The number of allylic oxidation sites excluding steroid dienone is 9. The van der Waals surface area contributed by atoms with E-state index in [9.17, 15) is 4.79 Å². The summed E-state index contributed by atoms with van der Waals surface area (Å²) < 4.78 is 0. The average molecular weight is 356 g/mol. The Hall–Kier alpha value is -1.83. The fraction of sp³-hybridized carbons (Fsp3) is 0.542. The molecule has 2 heteroatoms. The summed E-state index contributed by atoms with van der Waals surface area (Å²) >= 11 is 0. The highest BCUT2D eigenvalue weighted by molar-refractivity contribution is 5.88. The molecular weight excluding hydrogens is 318 g/mol. The lowest BCUT2D eigenvalue weighted by Gasteiger charge is -2.32. The number of hydrogen-bond acceptors (Lipinski definition) is 1. The standard InChI is InChI=1S/C24H37NO/c1-7-8-17-25-23(26)18-20(3)12-9-11-19(2)14-15-22-21(4)13-10-16-24(22,5)6/h9,11-12,14-15,18H,7-8,10,13,16-17H2,1-6H3,(H,25,26)/b12-9+,15-14+,19-11-,20-18-. The number of nitrogens with one attached hydrogen (secondary N) is 1. The molecule has 0 fully saturated rings. The van der Waals surface area contributed by atoms with Crippen molar-refractivity contribution in [2.24, 2.45) is 5.41 Å². The van der Waals surface area contributed by atoms with Crippen molar-refractivity contribution < 1.29 is 4.79 Å². The summed E-state index contributed by atoms with van der Waals surface area (Å²) in [5.41, 5.74) is 5.45. The molecule has 0 radical (unpaired) electrons. The molecule has 1 rings (SSSR count). The summed E-state index contributed by atoms with van der Waals surface area (Å²) in [6.07, 6.45) is 18.1. The lowest BCUT2D eigenvalue weighted by molar-refractivity contribution is -0.116. The van der Waals surface area contributed by atoms with E-state index in [-0.39, 0.29) is 11.3 Å². The Morgan fingerprint density at radius 1 is 1.19 bits per heavy atom. The summed E-state index contributed by atoms with van der Waals surface area (Å²) in [5.74, 6) is -0.0110. The molecule has 0 aromatic rings. The van der Waals surface area contributed by atoms with Gasteiger partial charge in [-0.3, -0.25) is 4.79 Å². The normalized spacial score (nSPS) is 18.8. The van der Waals surface area contributed by atoms with Crippen molar-refractivity contribution in [1.82, 2.24) is 5.32 Å². The molecule has 26 heavy (non-hydrogen) atoms. The quantitative estimate of drug-likeness (QED) is 0.303. The first kappa shape index (κ1) is 22.2. The van der Waals surface area contributed by atoms with E-state index < -0.39 is 0 Å². The Bertz CT molecular complexity index is 627. The average Bonchev–Trinajstić information content (AvgIpc) is 2.54. The number of hydrogen-bond donors (Lipinski definition) is 1. The van der Waals surface area contributed by atoms with Gasteiger partial charge in [0.05, 0.1) is 0 Å². The zero-order valence-corrected chi connectivity index (χ0v) is 17.6. The Balaban J connectivity index is 2.64. The van der Waals surface area contributed by atoms with Crippen molar-refractivity contribution in [2.45, 2.75) is 73.6 Å². The number of carbonyl (C=O) groups excluding carboxylic acids is 1. The van der Waals surface area contributed by atoms with Crippen LogP contribution < -0.4 is 5.32 Å². The fourth-order valence-corrected chi connectivity index (χ4v) is 3.33. The molecular formula is C24H37NO. The Morgan fingerprint density at radius 2 is 1.92 bits per heavy atom. The van der Waals surface area contributed by atoms with Crippen LogP contribution in [-0.4, -0.2) is 12.5 Å². The molecule has 1 amide bonds. The van der Waals surface area contributed by atoms with Gasteiger partial charge in [0.2, 0.25) is 5.91 Å². The molecule has 144 valence electrons. The second-order valence-electron chi connectivity index (χ2n) is 8.07. The molecule has 0 heterocycles. The predicted octanol–water partition coefficient (Wildman–Crippen LogP) is 6.43. The second kappa shape index (κ2) is 11.0. The van der Waals surface area contributed by atoms with Crippen LogP contribution >= 0.6 is 0 Å². The molecule has 0 saturated carbocycles. The largest absolute Gasteiger partial charge is 0.353 e. The van der Waals surface area contributed by atoms with Crippen LogP contribution in [0.5, 0.6) is 0 Å². The minimum atomic E-state index is -0.0110. The van der Waals surface area contributed by atoms with Gasteiger partial charge >= 0.3 is 0 Å². The maximum atomic E-state index is 11.7. The third-order valence-corrected chi connectivity index (χ3v) is 4.96. The lowest BCUT2D eigenvalue weighted by Crippen LogP contribution is -2.22. The van der Waals surface area contributed by atoms with Crippen LogP contribution in [0.15, 0.2) is 58.7 Å². The van der Waals surface area contributed by atoms with Crippen molar-refractivity contribution >= 4 is 5.91 Å². The lowest BCUT2D eigenvalue weighted by atomic mass is 9.72. The number of unbranched alkanes of at least 4 members (excludes halogenated alkanes) is 1. The molecule has 1 N–H and O–H groups in total. The van der Waals surface area contributed by atoms with Crippen LogP contribution in [0.2, 0.25) is 0 Å². The molecule has 0 aromatic heterocycles. The highest BCUT2D eigenvalue weighted by atomic mass is 16.1. The zero-order chi connectivity index (χ0) is 19.6. The van der Waals surface area contributed by atoms with Crippen LogP contribution in [0.4, 0.5) is 0 Å². The molecule has 0 unspecified atom stereocenters. The van der Waals surface area contributed by atoms with E-state index >= 15 is 0 Å². The van der Waals surface area contributed by atoms with Gasteiger partial charge in [0.25, 0.3) is 0 Å². The zero-order valence-electron chi connectivity index (χ0n) is 17.6. The van der Waals surface area contributed by atoms with Gasteiger partial charge in [0.1, 0.15) is 0 Å². The minimum Gasteiger partial charge on any atom is -0.353 e. The summed E-state index contributed by atoms with van der Waals surface area (Å²) in [6.45, 7) is 13.9. The first-order valence-electron chi connectivity index (χ1n) is 9.95. The van der Waals surface area contributed by atoms with Gasteiger partial charge in [-0.25, -0.2) is 0 Å². The van der Waals surface area contributed by atoms with E-state index in [4.69, 9.17) is 0 Å². The Kier molecular flexibility index (Phi) is 9.40. The maximum Gasteiger partial charge on any atom is 0.244 e. The number of amides is 1. The molecule has 2 nitrogen and oxygen atoms in total. The molecule has 0 saturated heterocycles. The van der Waals surface area contributed by atoms with E-state index in [1.54, 1.807) is 6.08 Å². The van der Waals surface area contributed by atoms with Crippen molar-refractivity contribution in [2.75, 3.05) is 6.54 Å². The minimum absolute atomic E-state index is 0.0110. The molecule has 0 bridgehead atoms. The molecule has 0 aromatic carbocycles. The summed E-state index contributed by atoms with van der Waals surface area (Å²) in [6, 6.07) is 0. The van der Waals surface area contributed by atoms with E-state index in [0.717, 1.165) is 25.0 Å². The topological polar surface area (TPSA) is 29.1 Å². The van der Waals surface area contributed by atoms with Gasteiger partial charge in [-0.2, -0.15) is 0 Å². The fourth-order valence-electron chi connectivity index (χ4n) is 3.33. The maximum absolute atomic E-state index is 11.7. The molecule has 0 spiro atoms. The number of rotatable bonds is 8. The second-order valence-corrected chi connectivity index (χ2v) is 8.07. The first-order chi connectivity index (χ1) is 12.3.